The van der Waals surface area contributed by atoms with Crippen molar-refractivity contribution < 1.29 is 19.4 Å². The minimum absolute atomic E-state index is 0.0191. The Morgan fingerprint density at radius 2 is 1.95 bits per heavy atom. The third-order valence-corrected chi connectivity index (χ3v) is 8.43. The molecule has 6 rings (SSSR count). The van der Waals surface area contributed by atoms with Crippen molar-refractivity contribution in [3.05, 3.63) is 106 Å². The SMILES string of the molecule is Cc1cc(Cc2nc3ccc(C(=O)O)cc3n2C2COCC2(C)C)c(Cl)cc1-c1ccnc(OCc2ccc(C#N)cc2)n1. The summed E-state index contributed by atoms with van der Waals surface area (Å²) in [6.07, 6.45) is 2.10. The molecule has 1 atom stereocenters. The quantitative estimate of drug-likeness (QED) is 0.204. The Morgan fingerprint density at radius 1 is 1.16 bits per heavy atom. The van der Waals surface area contributed by atoms with Gasteiger partial charge in [0.05, 0.1) is 53.2 Å². The molecule has 0 aliphatic carbocycles. The molecule has 9 nitrogen and oxygen atoms in total. The van der Waals surface area contributed by atoms with E-state index in [9.17, 15) is 9.90 Å². The molecule has 0 bridgehead atoms. The maximum absolute atomic E-state index is 11.8. The summed E-state index contributed by atoms with van der Waals surface area (Å²) in [5, 5.41) is 19.2. The molecule has 2 aromatic heterocycles. The zero-order chi connectivity index (χ0) is 31.0. The first-order valence-corrected chi connectivity index (χ1v) is 14.6. The minimum Gasteiger partial charge on any atom is -0.478 e. The lowest BCUT2D eigenvalue weighted by Crippen LogP contribution is -2.27. The van der Waals surface area contributed by atoms with Crippen molar-refractivity contribution in [3.8, 4) is 23.3 Å². The van der Waals surface area contributed by atoms with E-state index >= 15 is 0 Å². The number of aromatic carboxylic acids is 1. The van der Waals surface area contributed by atoms with E-state index < -0.39 is 5.97 Å². The smallest absolute Gasteiger partial charge is 0.335 e. The Kier molecular flexibility index (Phi) is 7.80. The van der Waals surface area contributed by atoms with Crippen molar-refractivity contribution in [2.75, 3.05) is 13.2 Å². The van der Waals surface area contributed by atoms with Gasteiger partial charge in [-0.05, 0) is 66.1 Å². The van der Waals surface area contributed by atoms with E-state index in [2.05, 4.69) is 34.5 Å². The van der Waals surface area contributed by atoms with Gasteiger partial charge in [0.25, 0.3) is 0 Å². The largest absolute Gasteiger partial charge is 0.478 e. The van der Waals surface area contributed by atoms with E-state index in [0.717, 1.165) is 39.1 Å². The second kappa shape index (κ2) is 11.7. The van der Waals surface area contributed by atoms with Crippen molar-refractivity contribution >= 4 is 28.6 Å². The van der Waals surface area contributed by atoms with E-state index in [-0.39, 0.29) is 29.6 Å². The number of imidazole rings is 1. The summed E-state index contributed by atoms with van der Waals surface area (Å²) in [6.45, 7) is 7.69. The van der Waals surface area contributed by atoms with Gasteiger partial charge in [-0.1, -0.05) is 43.6 Å². The van der Waals surface area contributed by atoms with Crippen LogP contribution in [-0.4, -0.2) is 43.8 Å². The van der Waals surface area contributed by atoms with E-state index in [4.69, 9.17) is 31.3 Å². The lowest BCUT2D eigenvalue weighted by molar-refractivity contribution is 0.0697. The van der Waals surface area contributed by atoms with E-state index in [0.29, 0.717) is 35.9 Å². The van der Waals surface area contributed by atoms with E-state index in [1.54, 1.807) is 36.5 Å². The number of carbonyl (C=O) groups is 1. The molecule has 10 heteroatoms. The van der Waals surface area contributed by atoms with Crippen LogP contribution in [0.25, 0.3) is 22.3 Å². The number of hydrogen-bond acceptors (Lipinski definition) is 7. The minimum atomic E-state index is -0.982. The highest BCUT2D eigenvalue weighted by atomic mass is 35.5. The van der Waals surface area contributed by atoms with Crippen LogP contribution in [0.1, 0.15) is 58.3 Å². The van der Waals surface area contributed by atoms with Crippen LogP contribution >= 0.6 is 11.6 Å². The molecular formula is C34H30ClN5O4. The van der Waals surface area contributed by atoms with Crippen molar-refractivity contribution in [1.29, 1.82) is 5.26 Å². The van der Waals surface area contributed by atoms with Crippen LogP contribution in [0.3, 0.4) is 0 Å². The molecule has 0 radical (unpaired) electrons. The van der Waals surface area contributed by atoms with Gasteiger partial charge in [0, 0.05) is 28.6 Å². The number of rotatable bonds is 8. The fraction of sp³-hybridized carbons (Fsp3) is 0.265. The Balaban J connectivity index is 1.30. The number of carboxylic acids is 1. The fourth-order valence-electron chi connectivity index (χ4n) is 5.63. The molecular weight excluding hydrogens is 578 g/mol. The molecule has 5 aromatic rings. The number of ether oxygens (including phenoxy) is 2. The van der Waals surface area contributed by atoms with Crippen LogP contribution in [0, 0.1) is 23.7 Å². The molecule has 0 saturated carbocycles. The zero-order valence-electron chi connectivity index (χ0n) is 24.5. The lowest BCUT2D eigenvalue weighted by atomic mass is 9.87. The van der Waals surface area contributed by atoms with Gasteiger partial charge < -0.3 is 19.1 Å². The van der Waals surface area contributed by atoms with Gasteiger partial charge in [-0.15, -0.1) is 0 Å². The molecule has 1 aliphatic rings. The number of benzene rings is 3. The summed E-state index contributed by atoms with van der Waals surface area (Å²) in [7, 11) is 0. The van der Waals surface area contributed by atoms with Gasteiger partial charge in [0.1, 0.15) is 12.4 Å². The lowest BCUT2D eigenvalue weighted by Gasteiger charge is -2.28. The van der Waals surface area contributed by atoms with Gasteiger partial charge in [-0.3, -0.25) is 0 Å². The summed E-state index contributed by atoms with van der Waals surface area (Å²) in [5.41, 5.74) is 6.43. The Bertz CT molecular complexity index is 1930. The average molecular weight is 608 g/mol. The predicted molar refractivity (Wildman–Crippen MR) is 166 cm³/mol. The molecule has 1 saturated heterocycles. The number of aromatic nitrogens is 4. The molecule has 1 aliphatic heterocycles. The zero-order valence-corrected chi connectivity index (χ0v) is 25.3. The van der Waals surface area contributed by atoms with Crippen LogP contribution < -0.4 is 4.74 Å². The van der Waals surface area contributed by atoms with Crippen molar-refractivity contribution in [3.63, 3.8) is 0 Å². The summed E-state index contributed by atoms with van der Waals surface area (Å²) in [4.78, 5) is 25.6. The molecule has 0 spiro atoms. The first-order chi connectivity index (χ1) is 21.1. The number of halogens is 1. The van der Waals surface area contributed by atoms with Gasteiger partial charge >= 0.3 is 12.0 Å². The van der Waals surface area contributed by atoms with Crippen molar-refractivity contribution in [1.82, 2.24) is 19.5 Å². The number of nitriles is 1. The molecule has 3 aromatic carbocycles. The van der Waals surface area contributed by atoms with Crippen molar-refractivity contribution in [2.24, 2.45) is 5.41 Å². The highest BCUT2D eigenvalue weighted by molar-refractivity contribution is 6.31. The van der Waals surface area contributed by atoms with Crippen LogP contribution in [0.15, 0.2) is 66.9 Å². The molecule has 3 heterocycles. The third kappa shape index (κ3) is 5.74. The standard InChI is InChI=1S/C34H30ClN5O4/c1-20-12-24(14-31-38-28-9-8-23(32(41)42)13-29(28)40(31)30-18-43-19-34(30,2)3)26(35)15-25(20)27-10-11-37-33(39-27)44-17-22-6-4-21(16-36)5-7-22/h4-13,15,30H,14,17-19H2,1-3H3,(H,41,42). The average Bonchev–Trinajstić information content (AvgIpc) is 3.55. The van der Waals surface area contributed by atoms with Crippen LogP contribution in [0.2, 0.25) is 5.02 Å². The molecule has 1 fully saturated rings. The highest BCUT2D eigenvalue weighted by Gasteiger charge is 2.39. The topological polar surface area (TPSA) is 123 Å². The normalized spacial score (nSPS) is 15.8. The number of carboxylic acid groups (broad SMARTS) is 1. The number of nitrogens with zero attached hydrogens (tertiary/aromatic N) is 5. The molecule has 44 heavy (non-hydrogen) atoms. The molecule has 222 valence electrons. The summed E-state index contributed by atoms with van der Waals surface area (Å²) in [6, 6.07) is 20.3. The van der Waals surface area contributed by atoms with Crippen LogP contribution in [-0.2, 0) is 17.8 Å². The number of hydrogen-bond donors (Lipinski definition) is 1. The van der Waals surface area contributed by atoms with Gasteiger partial charge in [-0.2, -0.15) is 10.2 Å². The summed E-state index contributed by atoms with van der Waals surface area (Å²) < 4.78 is 13.8. The first kappa shape index (κ1) is 29.3. The van der Waals surface area contributed by atoms with Gasteiger partial charge in [-0.25, -0.2) is 14.8 Å². The molecule has 1 unspecified atom stereocenters. The van der Waals surface area contributed by atoms with Crippen molar-refractivity contribution in [2.45, 2.75) is 39.8 Å². The highest BCUT2D eigenvalue weighted by Crippen LogP contribution is 2.41. The van der Waals surface area contributed by atoms with Gasteiger partial charge in [0.15, 0.2) is 0 Å². The number of aryl methyl sites for hydroxylation is 1. The third-order valence-electron chi connectivity index (χ3n) is 8.08. The monoisotopic (exact) mass is 607 g/mol. The maximum atomic E-state index is 11.8. The van der Waals surface area contributed by atoms with E-state index in [1.807, 2.05) is 37.3 Å². The van der Waals surface area contributed by atoms with Crippen LogP contribution in [0.5, 0.6) is 6.01 Å². The van der Waals surface area contributed by atoms with Gasteiger partial charge in [0.2, 0.25) is 0 Å². The maximum Gasteiger partial charge on any atom is 0.335 e. The second-order valence-corrected chi connectivity index (χ2v) is 12.1. The Labute approximate surface area is 259 Å². The first-order valence-electron chi connectivity index (χ1n) is 14.2. The predicted octanol–water partition coefficient (Wildman–Crippen LogP) is 6.79. The van der Waals surface area contributed by atoms with Crippen LogP contribution in [0.4, 0.5) is 0 Å². The molecule has 0 amide bonds. The molecule has 1 N–H and O–H groups in total. The fourth-order valence-corrected chi connectivity index (χ4v) is 5.87. The second-order valence-electron chi connectivity index (χ2n) is 11.7. The Hall–Kier alpha value is -4.78. The Morgan fingerprint density at radius 3 is 2.66 bits per heavy atom. The summed E-state index contributed by atoms with van der Waals surface area (Å²) in [5.74, 6) is -0.189. The van der Waals surface area contributed by atoms with E-state index in [1.165, 1.54) is 0 Å². The summed E-state index contributed by atoms with van der Waals surface area (Å²) >= 11 is 6.90. The number of fused-ring (bicyclic) bond motifs is 1.